The molecule has 1 N–H and O–H groups in total. The quantitative estimate of drug-likeness (QED) is 0.279. The molecule has 0 aromatic heterocycles. The molecule has 2 amide bonds. The molecule has 0 unspecified atom stereocenters. The maximum atomic E-state index is 13.6. The molecular weight excluding hydrogens is 554 g/mol. The van der Waals surface area contributed by atoms with E-state index in [-0.39, 0.29) is 17.9 Å². The number of carbonyl (C=O) groups is 2. The Morgan fingerprint density at radius 2 is 1.38 bits per heavy atom. The van der Waals surface area contributed by atoms with Crippen molar-refractivity contribution in [3.8, 4) is 5.75 Å². The number of nitrogens with zero attached hydrogens (tertiary/aromatic N) is 2. The van der Waals surface area contributed by atoms with Crippen LogP contribution in [0, 0.1) is 0 Å². The number of ether oxygens (including phenoxy) is 1. The van der Waals surface area contributed by atoms with E-state index in [1.807, 2.05) is 29.2 Å². The summed E-state index contributed by atoms with van der Waals surface area (Å²) in [5.74, 6) is 0.262. The van der Waals surface area contributed by atoms with Crippen LogP contribution in [0.4, 0.5) is 5.69 Å². The van der Waals surface area contributed by atoms with Crippen molar-refractivity contribution in [3.05, 3.63) is 130 Å². The second-order valence-electron chi connectivity index (χ2n) is 9.40. The van der Waals surface area contributed by atoms with Crippen molar-refractivity contribution in [1.29, 1.82) is 0 Å². The fourth-order valence-electron chi connectivity index (χ4n) is 5.02. The topological polar surface area (TPSA) is 61.9 Å². The minimum atomic E-state index is -0.294. The number of methoxy groups -OCH3 is 1. The van der Waals surface area contributed by atoms with Gasteiger partial charge in [0.1, 0.15) is 5.75 Å². The maximum absolute atomic E-state index is 13.6. The first-order chi connectivity index (χ1) is 19.0. The van der Waals surface area contributed by atoms with E-state index >= 15 is 0 Å². The fraction of sp³-hybridized carbons (Fsp3) is 0.188. The lowest BCUT2D eigenvalue weighted by molar-refractivity contribution is 0.0598. The third-order valence-electron chi connectivity index (χ3n) is 7.02. The molecular formula is C32H30BrN3O3. The largest absolute Gasteiger partial charge is 0.496 e. The van der Waals surface area contributed by atoms with Crippen LogP contribution in [0.1, 0.15) is 37.9 Å². The number of piperazine rings is 1. The average Bonchev–Trinajstić information content (AvgIpc) is 2.98. The molecule has 1 saturated heterocycles. The van der Waals surface area contributed by atoms with E-state index in [9.17, 15) is 9.59 Å². The molecule has 1 aliphatic rings. The molecule has 0 aliphatic carbocycles. The Bertz CT molecular complexity index is 1400. The van der Waals surface area contributed by atoms with Crippen LogP contribution < -0.4 is 10.1 Å². The van der Waals surface area contributed by atoms with Gasteiger partial charge in [-0.25, -0.2) is 0 Å². The first kappa shape index (κ1) is 26.7. The summed E-state index contributed by atoms with van der Waals surface area (Å²) in [5, 5.41) is 2.92. The fourth-order valence-corrected chi connectivity index (χ4v) is 5.56. The highest BCUT2D eigenvalue weighted by Gasteiger charge is 2.29. The van der Waals surface area contributed by atoms with Crippen LogP contribution >= 0.6 is 15.9 Å². The molecule has 0 atom stereocenters. The Balaban J connectivity index is 1.30. The summed E-state index contributed by atoms with van der Waals surface area (Å²) in [5.41, 5.74) is 3.91. The minimum absolute atomic E-state index is 0.0857. The van der Waals surface area contributed by atoms with Crippen molar-refractivity contribution < 1.29 is 14.3 Å². The number of hydrogen-bond acceptors (Lipinski definition) is 4. The van der Waals surface area contributed by atoms with Gasteiger partial charge in [0.2, 0.25) is 0 Å². The number of amides is 2. The molecule has 198 valence electrons. The Morgan fingerprint density at radius 1 is 0.795 bits per heavy atom. The number of carbonyl (C=O) groups excluding carboxylic acids is 2. The molecule has 5 rings (SSSR count). The Kier molecular flexibility index (Phi) is 8.39. The van der Waals surface area contributed by atoms with Crippen molar-refractivity contribution in [2.24, 2.45) is 0 Å². The van der Waals surface area contributed by atoms with Crippen LogP contribution in [0.25, 0.3) is 0 Å². The molecule has 1 fully saturated rings. The van der Waals surface area contributed by atoms with Gasteiger partial charge < -0.3 is 15.0 Å². The zero-order valence-electron chi connectivity index (χ0n) is 21.7. The number of benzene rings is 4. The standard InChI is InChI=1S/C32H30BrN3O3/c1-39-29-17-16-25(22-27(29)33)31(37)34-28-15-9-8-14-26(28)32(38)36-20-18-35(19-21-36)30(23-10-4-2-5-11-23)24-12-6-3-7-13-24/h2-17,22,30H,18-21H2,1H3,(H,34,37). The molecule has 7 heteroatoms. The van der Waals surface area contributed by atoms with E-state index in [0.29, 0.717) is 40.1 Å². The monoisotopic (exact) mass is 583 g/mol. The van der Waals surface area contributed by atoms with Crippen LogP contribution in [-0.4, -0.2) is 54.9 Å². The smallest absolute Gasteiger partial charge is 0.256 e. The zero-order chi connectivity index (χ0) is 27.2. The van der Waals surface area contributed by atoms with E-state index in [2.05, 4.69) is 74.7 Å². The van der Waals surface area contributed by atoms with Crippen molar-refractivity contribution in [2.45, 2.75) is 6.04 Å². The second-order valence-corrected chi connectivity index (χ2v) is 10.3. The molecule has 1 heterocycles. The van der Waals surface area contributed by atoms with E-state index in [4.69, 9.17) is 4.74 Å². The summed E-state index contributed by atoms with van der Waals surface area (Å²) in [4.78, 5) is 30.9. The third-order valence-corrected chi connectivity index (χ3v) is 7.64. The number of para-hydroxylation sites is 1. The van der Waals surface area contributed by atoms with Gasteiger partial charge in [-0.3, -0.25) is 14.5 Å². The SMILES string of the molecule is COc1ccc(C(=O)Nc2ccccc2C(=O)N2CCN(C(c3ccccc3)c3ccccc3)CC2)cc1Br. The maximum Gasteiger partial charge on any atom is 0.256 e. The van der Waals surface area contributed by atoms with E-state index < -0.39 is 0 Å². The molecule has 39 heavy (non-hydrogen) atoms. The molecule has 6 nitrogen and oxygen atoms in total. The summed E-state index contributed by atoms with van der Waals surface area (Å²) in [7, 11) is 1.57. The van der Waals surface area contributed by atoms with Crippen molar-refractivity contribution in [2.75, 3.05) is 38.6 Å². The second kappa shape index (κ2) is 12.3. The average molecular weight is 585 g/mol. The van der Waals surface area contributed by atoms with Crippen LogP contribution in [-0.2, 0) is 0 Å². The van der Waals surface area contributed by atoms with E-state index in [1.165, 1.54) is 11.1 Å². The molecule has 0 spiro atoms. The van der Waals surface area contributed by atoms with Gasteiger partial charge >= 0.3 is 0 Å². The highest BCUT2D eigenvalue weighted by atomic mass is 79.9. The van der Waals surface area contributed by atoms with Crippen molar-refractivity contribution >= 4 is 33.4 Å². The van der Waals surface area contributed by atoms with Crippen LogP contribution in [0.5, 0.6) is 5.75 Å². The molecule has 0 saturated carbocycles. The van der Waals surface area contributed by atoms with Gasteiger partial charge in [-0.05, 0) is 57.4 Å². The molecule has 0 radical (unpaired) electrons. The van der Waals surface area contributed by atoms with Crippen molar-refractivity contribution in [1.82, 2.24) is 9.80 Å². The Hall–Kier alpha value is -3.94. The summed E-state index contributed by atoms with van der Waals surface area (Å²) in [6.07, 6.45) is 0. The highest BCUT2D eigenvalue weighted by Crippen LogP contribution is 2.30. The third kappa shape index (κ3) is 6.05. The normalized spacial score (nSPS) is 13.8. The van der Waals surface area contributed by atoms with Crippen LogP contribution in [0.15, 0.2) is 108 Å². The predicted molar refractivity (Wildman–Crippen MR) is 157 cm³/mol. The van der Waals surface area contributed by atoms with Crippen LogP contribution in [0.3, 0.4) is 0 Å². The molecule has 4 aromatic rings. The van der Waals surface area contributed by atoms with E-state index in [1.54, 1.807) is 37.4 Å². The van der Waals surface area contributed by atoms with Gasteiger partial charge in [-0.15, -0.1) is 0 Å². The molecule has 0 bridgehead atoms. The summed E-state index contributed by atoms with van der Waals surface area (Å²) in [6.45, 7) is 2.69. The van der Waals surface area contributed by atoms with Crippen LogP contribution in [0.2, 0.25) is 0 Å². The first-order valence-electron chi connectivity index (χ1n) is 12.9. The van der Waals surface area contributed by atoms with Gasteiger partial charge in [0, 0.05) is 31.7 Å². The van der Waals surface area contributed by atoms with Gasteiger partial charge in [-0.1, -0.05) is 72.8 Å². The Labute approximate surface area is 237 Å². The number of nitrogens with one attached hydrogen (secondary N) is 1. The number of anilines is 1. The lowest BCUT2D eigenvalue weighted by Gasteiger charge is -2.40. The first-order valence-corrected chi connectivity index (χ1v) is 13.7. The lowest BCUT2D eigenvalue weighted by atomic mass is 9.96. The Morgan fingerprint density at radius 3 is 1.97 bits per heavy atom. The molecule has 1 aliphatic heterocycles. The minimum Gasteiger partial charge on any atom is -0.496 e. The zero-order valence-corrected chi connectivity index (χ0v) is 23.3. The lowest BCUT2D eigenvalue weighted by Crippen LogP contribution is -2.50. The summed E-state index contributed by atoms with van der Waals surface area (Å²) < 4.78 is 5.94. The predicted octanol–water partition coefficient (Wildman–Crippen LogP) is 6.26. The molecule has 4 aromatic carbocycles. The number of halogens is 1. The van der Waals surface area contributed by atoms with Gasteiger partial charge in [0.05, 0.1) is 28.9 Å². The summed E-state index contributed by atoms with van der Waals surface area (Å²) in [6, 6.07) is 33.4. The highest BCUT2D eigenvalue weighted by molar-refractivity contribution is 9.10. The summed E-state index contributed by atoms with van der Waals surface area (Å²) >= 11 is 3.43. The number of rotatable bonds is 7. The van der Waals surface area contributed by atoms with Gasteiger partial charge in [0.15, 0.2) is 0 Å². The number of hydrogen-bond donors (Lipinski definition) is 1. The van der Waals surface area contributed by atoms with E-state index in [0.717, 1.165) is 13.1 Å². The van der Waals surface area contributed by atoms with Gasteiger partial charge in [-0.2, -0.15) is 0 Å². The van der Waals surface area contributed by atoms with Crippen molar-refractivity contribution in [3.63, 3.8) is 0 Å². The van der Waals surface area contributed by atoms with Gasteiger partial charge in [0.25, 0.3) is 11.8 Å².